The van der Waals surface area contributed by atoms with Crippen LogP contribution in [0.1, 0.15) is 11.3 Å². The highest BCUT2D eigenvalue weighted by Gasteiger charge is 2.20. The number of hydrogen-bond donors (Lipinski definition) is 0. The van der Waals surface area contributed by atoms with Crippen molar-refractivity contribution in [2.24, 2.45) is 7.05 Å². The number of nitrogens with zero attached hydrogens (tertiary/aromatic N) is 2. The molecule has 0 saturated heterocycles. The number of hydrogen-bond acceptors (Lipinski definition) is 2. The predicted molar refractivity (Wildman–Crippen MR) is 69.2 cm³/mol. The third-order valence-corrected chi connectivity index (χ3v) is 3.70. The molecular weight excluding hydrogens is 212 g/mol. The van der Waals surface area contributed by atoms with Crippen molar-refractivity contribution in [1.29, 1.82) is 0 Å². The number of para-hydroxylation sites is 1. The molecule has 0 atom stereocenters. The average Bonchev–Trinajstić information content (AvgIpc) is 2.36. The monoisotopic (exact) mass is 228 g/mol. The van der Waals surface area contributed by atoms with Gasteiger partial charge in [-0.1, -0.05) is 12.1 Å². The molecule has 2 aromatic rings. The van der Waals surface area contributed by atoms with Crippen molar-refractivity contribution in [3.05, 3.63) is 45.7 Å². The van der Waals surface area contributed by atoms with Gasteiger partial charge in [0.2, 0.25) is 0 Å². The maximum atomic E-state index is 12.4. The van der Waals surface area contributed by atoms with E-state index in [0.717, 1.165) is 36.0 Å². The van der Waals surface area contributed by atoms with E-state index < -0.39 is 0 Å². The van der Waals surface area contributed by atoms with Gasteiger partial charge in [0.25, 0.3) is 0 Å². The number of aromatic nitrogens is 1. The highest BCUT2D eigenvalue weighted by Crippen LogP contribution is 2.19. The lowest BCUT2D eigenvalue weighted by atomic mass is 10.0. The van der Waals surface area contributed by atoms with Crippen molar-refractivity contribution in [2.75, 3.05) is 13.6 Å². The SMILES string of the molecule is CN1CCc2c(c(=O)c3ccccc3n2C)C1. The van der Waals surface area contributed by atoms with E-state index in [2.05, 4.69) is 23.6 Å². The van der Waals surface area contributed by atoms with Crippen molar-refractivity contribution in [2.45, 2.75) is 13.0 Å². The van der Waals surface area contributed by atoms with E-state index in [1.807, 2.05) is 24.3 Å². The average molecular weight is 228 g/mol. The van der Waals surface area contributed by atoms with Gasteiger partial charge in [0.1, 0.15) is 0 Å². The normalized spacial score (nSPS) is 16.1. The molecule has 1 aliphatic heterocycles. The summed E-state index contributed by atoms with van der Waals surface area (Å²) in [5.74, 6) is 0. The van der Waals surface area contributed by atoms with Crippen molar-refractivity contribution < 1.29 is 0 Å². The highest BCUT2D eigenvalue weighted by molar-refractivity contribution is 5.80. The molecule has 0 bridgehead atoms. The molecule has 0 unspecified atom stereocenters. The fourth-order valence-corrected chi connectivity index (χ4v) is 2.73. The Morgan fingerprint density at radius 2 is 1.94 bits per heavy atom. The summed E-state index contributed by atoms with van der Waals surface area (Å²) in [5.41, 5.74) is 3.42. The van der Waals surface area contributed by atoms with Gasteiger partial charge in [-0.25, -0.2) is 0 Å². The molecule has 17 heavy (non-hydrogen) atoms. The van der Waals surface area contributed by atoms with E-state index in [1.54, 1.807) is 0 Å². The van der Waals surface area contributed by atoms with Gasteiger partial charge in [-0.05, 0) is 19.2 Å². The second-order valence-electron chi connectivity index (χ2n) is 4.82. The Morgan fingerprint density at radius 1 is 1.18 bits per heavy atom. The Hall–Kier alpha value is -1.61. The molecule has 2 heterocycles. The number of benzene rings is 1. The van der Waals surface area contributed by atoms with Crippen LogP contribution in [0, 0.1) is 0 Å². The topological polar surface area (TPSA) is 25.2 Å². The van der Waals surface area contributed by atoms with Crippen LogP contribution in [0.15, 0.2) is 29.1 Å². The van der Waals surface area contributed by atoms with E-state index in [-0.39, 0.29) is 5.43 Å². The Kier molecular flexibility index (Phi) is 2.30. The minimum absolute atomic E-state index is 0.209. The largest absolute Gasteiger partial charge is 0.347 e. The summed E-state index contributed by atoms with van der Waals surface area (Å²) in [7, 11) is 4.13. The van der Waals surface area contributed by atoms with Crippen LogP contribution < -0.4 is 5.43 Å². The summed E-state index contributed by atoms with van der Waals surface area (Å²) in [6, 6.07) is 7.87. The molecule has 3 nitrogen and oxygen atoms in total. The Bertz CT molecular complexity index is 642. The van der Waals surface area contributed by atoms with Crippen molar-refractivity contribution >= 4 is 10.9 Å². The number of likely N-dealkylation sites (N-methyl/N-ethyl adjacent to an activating group) is 1. The first kappa shape index (κ1) is 10.5. The summed E-state index contributed by atoms with van der Waals surface area (Å²) >= 11 is 0. The van der Waals surface area contributed by atoms with Gasteiger partial charge in [-0.3, -0.25) is 4.79 Å². The van der Waals surface area contributed by atoms with Gasteiger partial charge < -0.3 is 9.47 Å². The summed E-state index contributed by atoms with van der Waals surface area (Å²) < 4.78 is 2.18. The molecule has 0 radical (unpaired) electrons. The van der Waals surface area contributed by atoms with E-state index in [4.69, 9.17) is 0 Å². The van der Waals surface area contributed by atoms with Gasteiger partial charge >= 0.3 is 0 Å². The van der Waals surface area contributed by atoms with Crippen molar-refractivity contribution in [3.63, 3.8) is 0 Å². The van der Waals surface area contributed by atoms with Crippen LogP contribution in [0.4, 0.5) is 0 Å². The van der Waals surface area contributed by atoms with E-state index in [9.17, 15) is 4.79 Å². The molecule has 3 heteroatoms. The van der Waals surface area contributed by atoms with Crippen LogP contribution in [0.2, 0.25) is 0 Å². The maximum absolute atomic E-state index is 12.4. The van der Waals surface area contributed by atoms with Crippen LogP contribution >= 0.6 is 0 Å². The van der Waals surface area contributed by atoms with Gasteiger partial charge in [0.15, 0.2) is 5.43 Å². The molecule has 0 saturated carbocycles. The smallest absolute Gasteiger partial charge is 0.194 e. The van der Waals surface area contributed by atoms with Gasteiger partial charge in [0.05, 0.1) is 5.52 Å². The Morgan fingerprint density at radius 3 is 2.76 bits per heavy atom. The minimum Gasteiger partial charge on any atom is -0.347 e. The number of rotatable bonds is 0. The summed E-state index contributed by atoms with van der Waals surface area (Å²) in [6.07, 6.45) is 0.961. The Labute approximate surface area is 100 Å². The molecule has 0 amide bonds. The zero-order valence-corrected chi connectivity index (χ0v) is 10.2. The molecule has 1 aromatic carbocycles. The van der Waals surface area contributed by atoms with Crippen molar-refractivity contribution in [1.82, 2.24) is 9.47 Å². The first-order valence-electron chi connectivity index (χ1n) is 5.96. The van der Waals surface area contributed by atoms with Crippen LogP contribution in [0.25, 0.3) is 10.9 Å². The minimum atomic E-state index is 0.209. The molecule has 1 aliphatic rings. The summed E-state index contributed by atoms with van der Waals surface area (Å²) in [6.45, 7) is 1.80. The van der Waals surface area contributed by atoms with Crippen LogP contribution in [-0.2, 0) is 20.0 Å². The lowest BCUT2D eigenvalue weighted by Gasteiger charge is -2.27. The van der Waals surface area contributed by atoms with E-state index >= 15 is 0 Å². The molecule has 0 aliphatic carbocycles. The standard InChI is InChI=1S/C14H16N2O/c1-15-8-7-13-11(9-15)14(17)10-5-3-4-6-12(10)16(13)2/h3-6H,7-9H2,1-2H3. The lowest BCUT2D eigenvalue weighted by molar-refractivity contribution is 0.306. The zero-order chi connectivity index (χ0) is 12.0. The first-order chi connectivity index (χ1) is 8.18. The van der Waals surface area contributed by atoms with Gasteiger partial charge in [-0.2, -0.15) is 0 Å². The van der Waals surface area contributed by atoms with E-state index in [1.165, 1.54) is 5.69 Å². The second-order valence-corrected chi connectivity index (χ2v) is 4.82. The zero-order valence-electron chi connectivity index (χ0n) is 10.2. The highest BCUT2D eigenvalue weighted by atomic mass is 16.1. The molecule has 88 valence electrons. The van der Waals surface area contributed by atoms with Crippen molar-refractivity contribution in [3.8, 4) is 0 Å². The van der Waals surface area contributed by atoms with Crippen LogP contribution in [0.3, 0.4) is 0 Å². The van der Waals surface area contributed by atoms with Gasteiger partial charge in [-0.15, -0.1) is 0 Å². The molecule has 0 N–H and O–H groups in total. The number of pyridine rings is 1. The lowest BCUT2D eigenvalue weighted by Crippen LogP contribution is -2.33. The van der Waals surface area contributed by atoms with Crippen LogP contribution in [-0.4, -0.2) is 23.1 Å². The molecule has 1 aromatic heterocycles. The molecule has 0 fully saturated rings. The fraction of sp³-hybridized carbons (Fsp3) is 0.357. The summed E-state index contributed by atoms with van der Waals surface area (Å²) in [4.78, 5) is 14.6. The quantitative estimate of drug-likeness (QED) is 0.683. The third kappa shape index (κ3) is 1.50. The number of aryl methyl sites for hydroxylation is 1. The molecular formula is C14H16N2O. The number of fused-ring (bicyclic) bond motifs is 2. The molecule has 3 rings (SSSR count). The first-order valence-corrected chi connectivity index (χ1v) is 5.96. The maximum Gasteiger partial charge on any atom is 0.194 e. The predicted octanol–water partition coefficient (Wildman–Crippen LogP) is 1.53. The summed E-state index contributed by atoms with van der Waals surface area (Å²) in [5, 5.41) is 0.837. The van der Waals surface area contributed by atoms with Crippen LogP contribution in [0.5, 0.6) is 0 Å². The van der Waals surface area contributed by atoms with Gasteiger partial charge in [0, 0.05) is 43.2 Å². The second kappa shape index (κ2) is 3.70. The Balaban J connectivity index is 2.42. The third-order valence-electron chi connectivity index (χ3n) is 3.70. The van der Waals surface area contributed by atoms with E-state index in [0.29, 0.717) is 0 Å². The fourth-order valence-electron chi connectivity index (χ4n) is 2.73. The molecule has 0 spiro atoms.